The Balaban J connectivity index is 2.06. The molecule has 2 aliphatic rings. The van der Waals surface area contributed by atoms with Gasteiger partial charge < -0.3 is 14.8 Å². The van der Waals surface area contributed by atoms with Crippen LogP contribution >= 0.6 is 0 Å². The largest absolute Gasteiger partial charge is 0.382 e. The first kappa shape index (κ1) is 10.9. The SMILES string of the molecule is COCC1(C2CNC(=O)C2)CCCCO1. The fourth-order valence-corrected chi connectivity index (χ4v) is 2.65. The van der Waals surface area contributed by atoms with E-state index in [0.29, 0.717) is 13.0 Å². The van der Waals surface area contributed by atoms with Crippen LogP contribution in [-0.4, -0.2) is 38.4 Å². The number of rotatable bonds is 3. The lowest BCUT2D eigenvalue weighted by Crippen LogP contribution is -2.48. The van der Waals surface area contributed by atoms with Gasteiger partial charge in [-0.2, -0.15) is 0 Å². The summed E-state index contributed by atoms with van der Waals surface area (Å²) < 4.78 is 11.2. The molecule has 2 atom stereocenters. The van der Waals surface area contributed by atoms with E-state index in [0.717, 1.165) is 26.0 Å². The average molecular weight is 213 g/mol. The Bertz CT molecular complexity index is 230. The molecule has 15 heavy (non-hydrogen) atoms. The van der Waals surface area contributed by atoms with Crippen molar-refractivity contribution in [1.82, 2.24) is 5.32 Å². The fourth-order valence-electron chi connectivity index (χ4n) is 2.65. The predicted molar refractivity (Wildman–Crippen MR) is 55.5 cm³/mol. The highest BCUT2D eigenvalue weighted by Crippen LogP contribution is 2.35. The number of methoxy groups -OCH3 is 1. The normalized spacial score (nSPS) is 36.6. The Morgan fingerprint density at radius 3 is 3.00 bits per heavy atom. The molecule has 4 heteroatoms. The summed E-state index contributed by atoms with van der Waals surface area (Å²) >= 11 is 0. The molecule has 2 aliphatic heterocycles. The van der Waals surface area contributed by atoms with Gasteiger partial charge in [0.15, 0.2) is 0 Å². The van der Waals surface area contributed by atoms with Gasteiger partial charge in [0.25, 0.3) is 0 Å². The fraction of sp³-hybridized carbons (Fsp3) is 0.909. The van der Waals surface area contributed by atoms with Crippen LogP contribution in [0.4, 0.5) is 0 Å². The summed E-state index contributed by atoms with van der Waals surface area (Å²) in [6.07, 6.45) is 3.90. The van der Waals surface area contributed by atoms with Gasteiger partial charge in [0, 0.05) is 32.6 Å². The summed E-state index contributed by atoms with van der Waals surface area (Å²) in [6.45, 7) is 2.14. The number of amides is 1. The molecule has 0 aromatic heterocycles. The third-order valence-corrected chi connectivity index (χ3v) is 3.49. The molecule has 86 valence electrons. The van der Waals surface area contributed by atoms with Crippen LogP contribution in [0.1, 0.15) is 25.7 Å². The molecule has 1 N–H and O–H groups in total. The highest BCUT2D eigenvalue weighted by atomic mass is 16.5. The molecule has 0 radical (unpaired) electrons. The van der Waals surface area contributed by atoms with Crippen LogP contribution in [0.3, 0.4) is 0 Å². The molecule has 1 amide bonds. The quantitative estimate of drug-likeness (QED) is 0.751. The molecular formula is C11H19NO3. The van der Waals surface area contributed by atoms with Crippen molar-refractivity contribution in [1.29, 1.82) is 0 Å². The van der Waals surface area contributed by atoms with Crippen LogP contribution in [0.15, 0.2) is 0 Å². The summed E-state index contributed by atoms with van der Waals surface area (Å²) in [4.78, 5) is 11.2. The van der Waals surface area contributed by atoms with E-state index in [9.17, 15) is 4.79 Å². The van der Waals surface area contributed by atoms with E-state index in [1.54, 1.807) is 7.11 Å². The van der Waals surface area contributed by atoms with Crippen molar-refractivity contribution in [2.24, 2.45) is 5.92 Å². The smallest absolute Gasteiger partial charge is 0.220 e. The maximum atomic E-state index is 11.2. The molecule has 2 heterocycles. The number of carbonyl (C=O) groups is 1. The number of hydrogen-bond acceptors (Lipinski definition) is 3. The van der Waals surface area contributed by atoms with Gasteiger partial charge in [-0.05, 0) is 19.3 Å². The zero-order valence-electron chi connectivity index (χ0n) is 9.25. The summed E-state index contributed by atoms with van der Waals surface area (Å²) in [7, 11) is 1.70. The lowest BCUT2D eigenvalue weighted by Gasteiger charge is -2.40. The van der Waals surface area contributed by atoms with Crippen LogP contribution in [0.5, 0.6) is 0 Å². The van der Waals surface area contributed by atoms with E-state index in [1.807, 2.05) is 0 Å². The molecule has 0 aliphatic carbocycles. The second-order valence-electron chi connectivity index (χ2n) is 4.51. The van der Waals surface area contributed by atoms with Crippen LogP contribution in [0.2, 0.25) is 0 Å². The third kappa shape index (κ3) is 2.16. The molecular weight excluding hydrogens is 194 g/mol. The predicted octanol–water partition coefficient (Wildman–Crippen LogP) is 0.708. The van der Waals surface area contributed by atoms with E-state index in [2.05, 4.69) is 5.32 Å². The molecule has 2 unspecified atom stereocenters. The van der Waals surface area contributed by atoms with E-state index >= 15 is 0 Å². The van der Waals surface area contributed by atoms with Crippen molar-refractivity contribution in [3.63, 3.8) is 0 Å². The van der Waals surface area contributed by atoms with Crippen LogP contribution in [-0.2, 0) is 14.3 Å². The van der Waals surface area contributed by atoms with Crippen molar-refractivity contribution >= 4 is 5.91 Å². The lowest BCUT2D eigenvalue weighted by molar-refractivity contribution is -0.147. The van der Waals surface area contributed by atoms with Gasteiger partial charge in [-0.1, -0.05) is 0 Å². The Hall–Kier alpha value is -0.610. The van der Waals surface area contributed by atoms with Gasteiger partial charge in [-0.25, -0.2) is 0 Å². The number of nitrogens with one attached hydrogen (secondary N) is 1. The minimum Gasteiger partial charge on any atom is -0.382 e. The Kier molecular flexibility index (Phi) is 3.26. The van der Waals surface area contributed by atoms with Crippen molar-refractivity contribution in [2.75, 3.05) is 26.9 Å². The minimum atomic E-state index is -0.216. The van der Waals surface area contributed by atoms with E-state index in [4.69, 9.17) is 9.47 Å². The molecule has 2 rings (SSSR count). The second-order valence-corrected chi connectivity index (χ2v) is 4.51. The Morgan fingerprint density at radius 1 is 1.60 bits per heavy atom. The van der Waals surface area contributed by atoms with Gasteiger partial charge in [0.2, 0.25) is 5.91 Å². The molecule has 0 spiro atoms. The Morgan fingerprint density at radius 2 is 2.47 bits per heavy atom. The van der Waals surface area contributed by atoms with Gasteiger partial charge in [0.05, 0.1) is 12.2 Å². The van der Waals surface area contributed by atoms with E-state index in [-0.39, 0.29) is 17.4 Å². The maximum Gasteiger partial charge on any atom is 0.220 e. The van der Waals surface area contributed by atoms with Crippen molar-refractivity contribution in [3.8, 4) is 0 Å². The highest BCUT2D eigenvalue weighted by Gasteiger charge is 2.44. The first-order valence-electron chi connectivity index (χ1n) is 5.66. The van der Waals surface area contributed by atoms with Crippen molar-refractivity contribution in [2.45, 2.75) is 31.3 Å². The molecule has 2 fully saturated rings. The molecule has 2 saturated heterocycles. The molecule has 0 aromatic carbocycles. The van der Waals surface area contributed by atoms with Crippen molar-refractivity contribution in [3.05, 3.63) is 0 Å². The average Bonchev–Trinajstić information content (AvgIpc) is 2.67. The molecule has 0 aromatic rings. The zero-order valence-corrected chi connectivity index (χ0v) is 9.25. The summed E-state index contributed by atoms with van der Waals surface area (Å²) in [5.41, 5.74) is -0.216. The first-order chi connectivity index (χ1) is 7.27. The Labute approximate surface area is 90.3 Å². The van der Waals surface area contributed by atoms with Crippen molar-refractivity contribution < 1.29 is 14.3 Å². The zero-order chi connectivity index (χ0) is 10.7. The minimum absolute atomic E-state index is 0.143. The summed E-state index contributed by atoms with van der Waals surface area (Å²) in [6, 6.07) is 0. The van der Waals surface area contributed by atoms with Crippen LogP contribution < -0.4 is 5.32 Å². The topological polar surface area (TPSA) is 47.6 Å². The monoisotopic (exact) mass is 213 g/mol. The van der Waals surface area contributed by atoms with Gasteiger partial charge in [0.1, 0.15) is 0 Å². The number of hydrogen-bond donors (Lipinski definition) is 1. The molecule has 4 nitrogen and oxygen atoms in total. The molecule has 0 bridgehead atoms. The lowest BCUT2D eigenvalue weighted by atomic mass is 9.81. The van der Waals surface area contributed by atoms with Gasteiger partial charge >= 0.3 is 0 Å². The summed E-state index contributed by atoms with van der Waals surface area (Å²) in [5.74, 6) is 0.426. The van der Waals surface area contributed by atoms with Crippen LogP contribution in [0.25, 0.3) is 0 Å². The number of carbonyl (C=O) groups excluding carboxylic acids is 1. The van der Waals surface area contributed by atoms with Crippen LogP contribution in [0, 0.1) is 5.92 Å². The van der Waals surface area contributed by atoms with E-state index in [1.165, 1.54) is 6.42 Å². The van der Waals surface area contributed by atoms with Gasteiger partial charge in [-0.15, -0.1) is 0 Å². The number of ether oxygens (including phenoxy) is 2. The highest BCUT2D eigenvalue weighted by molar-refractivity contribution is 5.78. The van der Waals surface area contributed by atoms with E-state index < -0.39 is 0 Å². The first-order valence-corrected chi connectivity index (χ1v) is 5.66. The maximum absolute atomic E-state index is 11.2. The molecule has 0 saturated carbocycles. The second kappa shape index (κ2) is 4.49. The standard InChI is InChI=1S/C11H19NO3/c1-14-8-11(4-2-3-5-15-11)9-6-10(13)12-7-9/h9H,2-8H2,1H3,(H,12,13). The third-order valence-electron chi connectivity index (χ3n) is 3.49. The summed E-state index contributed by atoms with van der Waals surface area (Å²) in [5, 5.41) is 2.88. The van der Waals surface area contributed by atoms with Gasteiger partial charge in [-0.3, -0.25) is 4.79 Å².